The van der Waals surface area contributed by atoms with Crippen LogP contribution < -0.4 is 0 Å². The Kier molecular flexibility index (Phi) is 3.32. The van der Waals surface area contributed by atoms with Crippen molar-refractivity contribution in [3.05, 3.63) is 46.9 Å². The fraction of sp³-hybridized carbons (Fsp3) is 0.400. The predicted molar refractivity (Wildman–Crippen MR) is 71.8 cm³/mol. The molecule has 90 valence electrons. The highest BCUT2D eigenvalue weighted by molar-refractivity contribution is 5.35. The molecule has 17 heavy (non-hydrogen) atoms. The van der Waals surface area contributed by atoms with E-state index in [1.165, 1.54) is 22.6 Å². The second kappa shape index (κ2) is 4.74. The van der Waals surface area contributed by atoms with Crippen LogP contribution in [-0.2, 0) is 6.42 Å². The van der Waals surface area contributed by atoms with E-state index in [2.05, 4.69) is 56.5 Å². The first-order valence-corrected chi connectivity index (χ1v) is 6.24. The molecule has 0 N–H and O–H groups in total. The van der Waals surface area contributed by atoms with E-state index in [1.54, 1.807) is 0 Å². The molecule has 0 aromatic carbocycles. The van der Waals surface area contributed by atoms with Crippen molar-refractivity contribution >= 4 is 0 Å². The first kappa shape index (κ1) is 11.9. The number of rotatable bonds is 3. The lowest BCUT2D eigenvalue weighted by atomic mass is 10.2. The summed E-state index contributed by atoms with van der Waals surface area (Å²) in [5.74, 6) is 1.05. The largest absolute Gasteiger partial charge is 0.303 e. The molecule has 0 unspecified atom stereocenters. The Labute approximate surface area is 103 Å². The van der Waals surface area contributed by atoms with E-state index >= 15 is 0 Å². The predicted octanol–water partition coefficient (Wildman–Crippen LogP) is 3.75. The van der Waals surface area contributed by atoms with Gasteiger partial charge in [0.2, 0.25) is 0 Å². The Morgan fingerprint density at radius 2 is 1.71 bits per heavy atom. The first-order valence-electron chi connectivity index (χ1n) is 6.24. The highest BCUT2D eigenvalue weighted by atomic mass is 15.1. The monoisotopic (exact) mass is 228 g/mol. The first-order chi connectivity index (χ1) is 8.11. The van der Waals surface area contributed by atoms with Gasteiger partial charge in [-0.25, -0.2) is 4.98 Å². The molecule has 2 nitrogen and oxygen atoms in total. The summed E-state index contributed by atoms with van der Waals surface area (Å²) in [7, 11) is 0. The molecule has 0 spiro atoms. The zero-order valence-electron chi connectivity index (χ0n) is 11.1. The van der Waals surface area contributed by atoms with Gasteiger partial charge in [0, 0.05) is 17.1 Å². The summed E-state index contributed by atoms with van der Waals surface area (Å²) in [6.45, 7) is 8.57. The average Bonchev–Trinajstić information content (AvgIpc) is 2.58. The fourth-order valence-corrected chi connectivity index (χ4v) is 2.25. The molecule has 0 amide bonds. The highest BCUT2D eigenvalue weighted by Gasteiger charge is 2.07. The Hall–Kier alpha value is -1.57. The van der Waals surface area contributed by atoms with Gasteiger partial charge in [-0.3, -0.25) is 0 Å². The Morgan fingerprint density at radius 1 is 1.06 bits per heavy atom. The molecule has 2 heteroatoms. The molecule has 2 aromatic rings. The van der Waals surface area contributed by atoms with E-state index in [0.717, 1.165) is 18.7 Å². The Bertz CT molecular complexity index is 504. The third-order valence-corrected chi connectivity index (χ3v) is 3.02. The van der Waals surface area contributed by atoms with Gasteiger partial charge in [-0.1, -0.05) is 13.3 Å². The second-order valence-electron chi connectivity index (χ2n) is 4.70. The molecule has 0 aliphatic carbocycles. The van der Waals surface area contributed by atoms with E-state index in [1.807, 2.05) is 0 Å². The van der Waals surface area contributed by atoms with Crippen LogP contribution in [0.2, 0.25) is 0 Å². The van der Waals surface area contributed by atoms with Gasteiger partial charge in [0.25, 0.3) is 0 Å². The van der Waals surface area contributed by atoms with Gasteiger partial charge in [-0.05, 0) is 57.0 Å². The van der Waals surface area contributed by atoms with Crippen molar-refractivity contribution in [1.82, 2.24) is 9.55 Å². The fourth-order valence-electron chi connectivity index (χ4n) is 2.25. The summed E-state index contributed by atoms with van der Waals surface area (Å²) in [6, 6.07) is 8.61. The third kappa shape index (κ3) is 2.41. The van der Waals surface area contributed by atoms with Gasteiger partial charge in [0.05, 0.1) is 0 Å². The molecule has 0 saturated carbocycles. The molecule has 0 bridgehead atoms. The SMILES string of the molecule is CCCc1cc(C)cc(-n2c(C)ccc2C)n1. The molecule has 2 heterocycles. The molecular weight excluding hydrogens is 208 g/mol. The summed E-state index contributed by atoms with van der Waals surface area (Å²) in [5.41, 5.74) is 4.95. The minimum Gasteiger partial charge on any atom is -0.303 e. The highest BCUT2D eigenvalue weighted by Crippen LogP contribution is 2.17. The minimum atomic E-state index is 1.05. The Morgan fingerprint density at radius 3 is 2.29 bits per heavy atom. The number of aryl methyl sites for hydroxylation is 4. The molecule has 0 atom stereocenters. The maximum atomic E-state index is 4.75. The second-order valence-corrected chi connectivity index (χ2v) is 4.70. The number of nitrogens with zero attached hydrogens (tertiary/aromatic N) is 2. The molecular formula is C15H20N2. The van der Waals surface area contributed by atoms with Crippen LogP contribution in [-0.4, -0.2) is 9.55 Å². The maximum absolute atomic E-state index is 4.75. The topological polar surface area (TPSA) is 17.8 Å². The normalized spacial score (nSPS) is 10.8. The summed E-state index contributed by atoms with van der Waals surface area (Å²) in [6.07, 6.45) is 2.19. The molecule has 2 rings (SSSR count). The molecule has 0 aliphatic rings. The summed E-state index contributed by atoms with van der Waals surface area (Å²) >= 11 is 0. The average molecular weight is 228 g/mol. The van der Waals surface area contributed by atoms with Crippen LogP contribution in [0.15, 0.2) is 24.3 Å². The van der Waals surface area contributed by atoms with Gasteiger partial charge in [0.1, 0.15) is 5.82 Å². The molecule has 0 saturated heterocycles. The lowest BCUT2D eigenvalue weighted by molar-refractivity contribution is 0.846. The van der Waals surface area contributed by atoms with Crippen LogP contribution >= 0.6 is 0 Å². The number of pyridine rings is 1. The maximum Gasteiger partial charge on any atom is 0.137 e. The molecule has 0 radical (unpaired) electrons. The van der Waals surface area contributed by atoms with E-state index < -0.39 is 0 Å². The van der Waals surface area contributed by atoms with Crippen molar-refractivity contribution in [2.24, 2.45) is 0 Å². The van der Waals surface area contributed by atoms with Crippen LogP contribution in [0.25, 0.3) is 5.82 Å². The van der Waals surface area contributed by atoms with Gasteiger partial charge in [-0.2, -0.15) is 0 Å². The van der Waals surface area contributed by atoms with Crippen LogP contribution in [0.5, 0.6) is 0 Å². The van der Waals surface area contributed by atoms with E-state index in [0.29, 0.717) is 0 Å². The van der Waals surface area contributed by atoms with Gasteiger partial charge in [0.15, 0.2) is 0 Å². The molecule has 0 aliphatic heterocycles. The number of hydrogen-bond donors (Lipinski definition) is 0. The summed E-state index contributed by atoms with van der Waals surface area (Å²) in [5, 5.41) is 0. The third-order valence-electron chi connectivity index (χ3n) is 3.02. The lowest BCUT2D eigenvalue weighted by Gasteiger charge is -2.11. The van der Waals surface area contributed by atoms with Crippen LogP contribution in [0.1, 0.15) is 36.0 Å². The standard InChI is InChI=1S/C15H20N2/c1-5-6-14-9-11(2)10-15(16-14)17-12(3)7-8-13(17)4/h7-10H,5-6H2,1-4H3. The van der Waals surface area contributed by atoms with Crippen LogP contribution in [0.4, 0.5) is 0 Å². The van der Waals surface area contributed by atoms with Crippen molar-refractivity contribution in [1.29, 1.82) is 0 Å². The van der Waals surface area contributed by atoms with Crippen LogP contribution in [0.3, 0.4) is 0 Å². The number of aromatic nitrogens is 2. The summed E-state index contributed by atoms with van der Waals surface area (Å²) < 4.78 is 2.21. The van der Waals surface area contributed by atoms with Gasteiger partial charge in [-0.15, -0.1) is 0 Å². The van der Waals surface area contributed by atoms with Crippen LogP contribution in [0, 0.1) is 20.8 Å². The van der Waals surface area contributed by atoms with E-state index in [4.69, 9.17) is 4.98 Å². The molecule has 2 aromatic heterocycles. The smallest absolute Gasteiger partial charge is 0.137 e. The van der Waals surface area contributed by atoms with Crippen molar-refractivity contribution in [2.45, 2.75) is 40.5 Å². The zero-order valence-corrected chi connectivity index (χ0v) is 11.1. The van der Waals surface area contributed by atoms with Crippen molar-refractivity contribution < 1.29 is 0 Å². The molecule has 0 fully saturated rings. The summed E-state index contributed by atoms with van der Waals surface area (Å²) in [4.78, 5) is 4.75. The Balaban J connectivity index is 2.52. The van der Waals surface area contributed by atoms with Crippen molar-refractivity contribution in [2.75, 3.05) is 0 Å². The van der Waals surface area contributed by atoms with E-state index in [9.17, 15) is 0 Å². The number of hydrogen-bond acceptors (Lipinski definition) is 1. The lowest BCUT2D eigenvalue weighted by Crippen LogP contribution is -2.04. The van der Waals surface area contributed by atoms with Gasteiger partial charge < -0.3 is 4.57 Å². The minimum absolute atomic E-state index is 1.05. The van der Waals surface area contributed by atoms with Crippen molar-refractivity contribution in [3.63, 3.8) is 0 Å². The van der Waals surface area contributed by atoms with Crippen molar-refractivity contribution in [3.8, 4) is 5.82 Å². The zero-order chi connectivity index (χ0) is 12.4. The van der Waals surface area contributed by atoms with Gasteiger partial charge >= 0.3 is 0 Å². The van der Waals surface area contributed by atoms with E-state index in [-0.39, 0.29) is 0 Å². The quantitative estimate of drug-likeness (QED) is 0.782.